The molecule has 5 heteroatoms. The Kier molecular flexibility index (Phi) is 5.94. The highest BCUT2D eigenvalue weighted by Crippen LogP contribution is 2.25. The van der Waals surface area contributed by atoms with E-state index >= 15 is 0 Å². The minimum Gasteiger partial charge on any atom is -0.325 e. The maximum Gasteiger partial charge on any atom is 0.321 e. The fourth-order valence-corrected chi connectivity index (χ4v) is 4.36. The van der Waals surface area contributed by atoms with Gasteiger partial charge in [0.25, 0.3) is 0 Å². The molecule has 25 heavy (non-hydrogen) atoms. The Morgan fingerprint density at radius 2 is 1.72 bits per heavy atom. The van der Waals surface area contributed by atoms with E-state index in [1.807, 2.05) is 4.90 Å². The highest BCUT2D eigenvalue weighted by Gasteiger charge is 2.27. The van der Waals surface area contributed by atoms with Crippen molar-refractivity contribution in [3.8, 4) is 0 Å². The first kappa shape index (κ1) is 18.2. The zero-order valence-electron chi connectivity index (χ0n) is 15.4. The minimum absolute atomic E-state index is 0.0784. The Bertz CT molecular complexity index is 559. The van der Waals surface area contributed by atoms with Crippen molar-refractivity contribution in [2.45, 2.75) is 33.1 Å². The number of urea groups is 1. The first-order valence-electron chi connectivity index (χ1n) is 9.53. The number of rotatable bonds is 3. The van der Waals surface area contributed by atoms with E-state index in [-0.39, 0.29) is 11.8 Å². The van der Waals surface area contributed by atoms with Gasteiger partial charge in [-0.1, -0.05) is 13.8 Å². The third-order valence-corrected chi connectivity index (χ3v) is 5.46. The predicted octanol–water partition coefficient (Wildman–Crippen LogP) is 4.05. The molecule has 2 aliphatic rings. The van der Waals surface area contributed by atoms with Gasteiger partial charge < -0.3 is 15.1 Å². The van der Waals surface area contributed by atoms with Gasteiger partial charge in [-0.25, -0.2) is 9.18 Å². The molecule has 0 radical (unpaired) electrons. The largest absolute Gasteiger partial charge is 0.325 e. The van der Waals surface area contributed by atoms with Crippen molar-refractivity contribution in [2.75, 3.05) is 38.0 Å². The van der Waals surface area contributed by atoms with Crippen LogP contribution in [0.1, 0.15) is 33.1 Å². The standard InChI is InChI=1S/C20H30FN3O/c1-15-11-16(2)13-23(12-15)14-17-7-9-24(10-8-17)20(25)22-19-5-3-18(21)4-6-19/h3-6,15-17H,7-14H2,1-2H3,(H,22,25). The zero-order valence-corrected chi connectivity index (χ0v) is 15.4. The summed E-state index contributed by atoms with van der Waals surface area (Å²) in [6, 6.07) is 5.84. The second-order valence-corrected chi connectivity index (χ2v) is 8.03. The Morgan fingerprint density at radius 1 is 1.12 bits per heavy atom. The quantitative estimate of drug-likeness (QED) is 0.895. The molecule has 2 aliphatic heterocycles. The number of hydrogen-bond acceptors (Lipinski definition) is 2. The molecule has 0 bridgehead atoms. The summed E-state index contributed by atoms with van der Waals surface area (Å²) >= 11 is 0. The molecule has 0 saturated carbocycles. The van der Waals surface area contributed by atoms with Gasteiger partial charge in [0.05, 0.1) is 0 Å². The maximum absolute atomic E-state index is 12.9. The highest BCUT2D eigenvalue weighted by molar-refractivity contribution is 5.89. The van der Waals surface area contributed by atoms with Crippen LogP contribution in [-0.2, 0) is 0 Å². The Morgan fingerprint density at radius 3 is 2.32 bits per heavy atom. The molecule has 4 nitrogen and oxygen atoms in total. The van der Waals surface area contributed by atoms with Crippen LogP contribution >= 0.6 is 0 Å². The maximum atomic E-state index is 12.9. The van der Waals surface area contributed by atoms with E-state index < -0.39 is 0 Å². The van der Waals surface area contributed by atoms with Crippen molar-refractivity contribution in [3.05, 3.63) is 30.1 Å². The van der Waals surface area contributed by atoms with E-state index in [0.29, 0.717) is 11.6 Å². The number of hydrogen-bond donors (Lipinski definition) is 1. The molecule has 0 aromatic heterocycles. The number of carbonyl (C=O) groups is 1. The summed E-state index contributed by atoms with van der Waals surface area (Å²) in [6.45, 7) is 9.91. The second-order valence-electron chi connectivity index (χ2n) is 8.03. The third kappa shape index (κ3) is 5.18. The van der Waals surface area contributed by atoms with Crippen LogP contribution in [0.2, 0.25) is 0 Å². The summed E-state index contributed by atoms with van der Waals surface area (Å²) in [7, 11) is 0. The minimum atomic E-state index is -0.292. The summed E-state index contributed by atoms with van der Waals surface area (Å²) in [4.78, 5) is 16.8. The fourth-order valence-electron chi connectivity index (χ4n) is 4.36. The number of anilines is 1. The van der Waals surface area contributed by atoms with E-state index in [0.717, 1.165) is 37.8 Å². The van der Waals surface area contributed by atoms with E-state index in [1.165, 1.54) is 38.2 Å². The van der Waals surface area contributed by atoms with Crippen molar-refractivity contribution in [2.24, 2.45) is 17.8 Å². The molecule has 1 aromatic carbocycles. The lowest BCUT2D eigenvalue weighted by Gasteiger charge is -2.39. The highest BCUT2D eigenvalue weighted by atomic mass is 19.1. The van der Waals surface area contributed by atoms with Crippen LogP contribution < -0.4 is 5.32 Å². The summed E-state index contributed by atoms with van der Waals surface area (Å²) in [5, 5.41) is 2.86. The number of carbonyl (C=O) groups excluding carboxylic acids is 1. The molecule has 0 aliphatic carbocycles. The van der Waals surface area contributed by atoms with Crippen LogP contribution in [0.5, 0.6) is 0 Å². The van der Waals surface area contributed by atoms with E-state index in [2.05, 4.69) is 24.1 Å². The lowest BCUT2D eigenvalue weighted by molar-refractivity contribution is 0.101. The Hall–Kier alpha value is -1.62. The molecular formula is C20H30FN3O. The number of nitrogens with zero attached hydrogens (tertiary/aromatic N) is 2. The predicted molar refractivity (Wildman–Crippen MR) is 99.1 cm³/mol. The second kappa shape index (κ2) is 8.17. The lowest BCUT2D eigenvalue weighted by Crippen LogP contribution is -2.46. The number of halogens is 1. The van der Waals surface area contributed by atoms with E-state index in [9.17, 15) is 9.18 Å². The summed E-state index contributed by atoms with van der Waals surface area (Å²) in [5.41, 5.74) is 0.643. The summed E-state index contributed by atoms with van der Waals surface area (Å²) in [6.07, 6.45) is 3.48. The molecular weight excluding hydrogens is 317 g/mol. The Labute approximate surface area is 150 Å². The number of likely N-dealkylation sites (tertiary alicyclic amines) is 2. The molecule has 2 unspecified atom stereocenters. The molecule has 2 atom stereocenters. The lowest BCUT2D eigenvalue weighted by atomic mass is 9.89. The van der Waals surface area contributed by atoms with Crippen molar-refractivity contribution in [3.63, 3.8) is 0 Å². The van der Waals surface area contributed by atoms with E-state index in [1.54, 1.807) is 12.1 Å². The van der Waals surface area contributed by atoms with Crippen molar-refractivity contribution in [1.29, 1.82) is 0 Å². The van der Waals surface area contributed by atoms with Crippen LogP contribution in [-0.4, -0.2) is 48.6 Å². The van der Waals surface area contributed by atoms with Gasteiger partial charge in [0.2, 0.25) is 0 Å². The summed E-state index contributed by atoms with van der Waals surface area (Å²) < 4.78 is 12.9. The molecule has 1 aromatic rings. The van der Waals surface area contributed by atoms with Crippen LogP contribution in [0.3, 0.4) is 0 Å². The van der Waals surface area contributed by atoms with Crippen LogP contribution in [0, 0.1) is 23.6 Å². The Balaban J connectivity index is 1.43. The molecule has 2 amide bonds. The smallest absolute Gasteiger partial charge is 0.321 e. The number of amides is 2. The molecule has 3 rings (SSSR count). The van der Waals surface area contributed by atoms with Gasteiger partial charge in [0, 0.05) is 38.4 Å². The van der Waals surface area contributed by atoms with Gasteiger partial charge >= 0.3 is 6.03 Å². The van der Waals surface area contributed by atoms with Crippen LogP contribution in [0.15, 0.2) is 24.3 Å². The third-order valence-electron chi connectivity index (χ3n) is 5.46. The van der Waals surface area contributed by atoms with Gasteiger partial charge in [-0.3, -0.25) is 0 Å². The number of nitrogens with one attached hydrogen (secondary N) is 1. The van der Waals surface area contributed by atoms with Gasteiger partial charge in [-0.05, 0) is 61.3 Å². The first-order valence-corrected chi connectivity index (χ1v) is 9.53. The fraction of sp³-hybridized carbons (Fsp3) is 0.650. The van der Waals surface area contributed by atoms with Crippen LogP contribution in [0.4, 0.5) is 14.9 Å². The average Bonchev–Trinajstić information content (AvgIpc) is 2.56. The molecule has 2 fully saturated rings. The average molecular weight is 347 g/mol. The van der Waals surface area contributed by atoms with Crippen LogP contribution in [0.25, 0.3) is 0 Å². The number of piperidine rings is 2. The SMILES string of the molecule is CC1CC(C)CN(CC2CCN(C(=O)Nc3ccc(F)cc3)CC2)C1. The molecule has 2 saturated heterocycles. The molecule has 138 valence electrons. The van der Waals surface area contributed by atoms with Gasteiger partial charge in [0.15, 0.2) is 0 Å². The first-order chi connectivity index (χ1) is 12.0. The van der Waals surface area contributed by atoms with Crippen molar-refractivity contribution in [1.82, 2.24) is 9.80 Å². The molecule has 0 spiro atoms. The topological polar surface area (TPSA) is 35.6 Å². The van der Waals surface area contributed by atoms with Crippen molar-refractivity contribution < 1.29 is 9.18 Å². The van der Waals surface area contributed by atoms with Gasteiger partial charge in [0.1, 0.15) is 5.82 Å². The zero-order chi connectivity index (χ0) is 17.8. The van der Waals surface area contributed by atoms with Gasteiger partial charge in [-0.15, -0.1) is 0 Å². The monoisotopic (exact) mass is 347 g/mol. The number of benzene rings is 1. The van der Waals surface area contributed by atoms with E-state index in [4.69, 9.17) is 0 Å². The summed E-state index contributed by atoms with van der Waals surface area (Å²) in [5.74, 6) is 1.99. The normalized spacial score (nSPS) is 25.8. The molecule has 2 heterocycles. The van der Waals surface area contributed by atoms with Gasteiger partial charge in [-0.2, -0.15) is 0 Å². The molecule has 1 N–H and O–H groups in total. The van der Waals surface area contributed by atoms with Crippen molar-refractivity contribution >= 4 is 11.7 Å².